The highest BCUT2D eigenvalue weighted by molar-refractivity contribution is 7.97. The van der Waals surface area contributed by atoms with Crippen LogP contribution in [0, 0.1) is 0 Å². The van der Waals surface area contributed by atoms with Gasteiger partial charge in [0.2, 0.25) is 5.91 Å². The number of hydrogen-bond donors (Lipinski definition) is 1. The number of benzene rings is 2. The van der Waals surface area contributed by atoms with Crippen LogP contribution in [0.5, 0.6) is 5.75 Å². The van der Waals surface area contributed by atoms with Crippen molar-refractivity contribution in [2.75, 3.05) is 32.7 Å². The topological polar surface area (TPSA) is 44.8 Å². The van der Waals surface area contributed by atoms with E-state index in [-0.39, 0.29) is 11.7 Å². The third-order valence-corrected chi connectivity index (χ3v) is 7.15. The number of nitrogens with one attached hydrogen (secondary N) is 1. The highest BCUT2D eigenvalue weighted by atomic mass is 32.2. The number of hydrogen-bond acceptors (Lipinski definition) is 5. The maximum Gasteiger partial charge on any atom is 0.387 e. The van der Waals surface area contributed by atoms with E-state index in [1.54, 1.807) is 36.2 Å². The smallest absolute Gasteiger partial charge is 0.387 e. The average Bonchev–Trinajstić information content (AvgIpc) is 3.33. The van der Waals surface area contributed by atoms with E-state index in [1.807, 2.05) is 4.90 Å². The number of ether oxygens (including phenoxy) is 1. The van der Waals surface area contributed by atoms with Crippen molar-refractivity contribution in [1.29, 1.82) is 0 Å². The number of halogens is 2. The largest absolute Gasteiger partial charge is 0.435 e. The zero-order chi connectivity index (χ0) is 22.1. The fourth-order valence-corrected chi connectivity index (χ4v) is 5.54. The van der Waals surface area contributed by atoms with E-state index in [1.165, 1.54) is 22.3 Å². The second-order valence-electron chi connectivity index (χ2n) is 8.40. The molecule has 32 heavy (non-hydrogen) atoms. The van der Waals surface area contributed by atoms with Crippen molar-refractivity contribution in [3.8, 4) is 5.75 Å². The summed E-state index contributed by atoms with van der Waals surface area (Å²) in [6.07, 6.45) is 1.49. The number of carbonyl (C=O) groups excluding carboxylic acids is 1. The van der Waals surface area contributed by atoms with Gasteiger partial charge in [-0.2, -0.15) is 8.78 Å². The maximum absolute atomic E-state index is 12.9. The molecule has 0 saturated carbocycles. The van der Waals surface area contributed by atoms with Gasteiger partial charge in [-0.25, -0.2) is 4.31 Å². The third kappa shape index (κ3) is 4.82. The molecule has 0 unspecified atom stereocenters. The zero-order valence-corrected chi connectivity index (χ0v) is 18.5. The minimum absolute atomic E-state index is 0.163. The fraction of sp³-hybridized carbons (Fsp3) is 0.375. The zero-order valence-electron chi connectivity index (χ0n) is 17.7. The van der Waals surface area contributed by atoms with Crippen molar-refractivity contribution in [3.63, 3.8) is 0 Å². The minimum Gasteiger partial charge on any atom is -0.435 e. The Morgan fingerprint density at radius 1 is 1.03 bits per heavy atom. The summed E-state index contributed by atoms with van der Waals surface area (Å²) < 4.78 is 31.2. The Hall–Kier alpha value is -2.42. The lowest BCUT2D eigenvalue weighted by Gasteiger charge is -2.23. The van der Waals surface area contributed by atoms with Crippen molar-refractivity contribution >= 4 is 17.9 Å². The van der Waals surface area contributed by atoms with Crippen molar-refractivity contribution in [1.82, 2.24) is 14.5 Å². The monoisotopic (exact) mass is 457 g/mol. The molecule has 3 aliphatic rings. The first-order valence-electron chi connectivity index (χ1n) is 10.8. The van der Waals surface area contributed by atoms with Crippen LogP contribution in [0.25, 0.3) is 0 Å². The van der Waals surface area contributed by atoms with Crippen LogP contribution in [0.3, 0.4) is 0 Å². The van der Waals surface area contributed by atoms with Gasteiger partial charge in [0, 0.05) is 37.6 Å². The van der Waals surface area contributed by atoms with Gasteiger partial charge in [0.1, 0.15) is 5.75 Å². The van der Waals surface area contributed by atoms with Gasteiger partial charge in [-0.15, -0.1) is 0 Å². The average molecular weight is 458 g/mol. The van der Waals surface area contributed by atoms with Crippen molar-refractivity contribution in [2.24, 2.45) is 0 Å². The summed E-state index contributed by atoms with van der Waals surface area (Å²) in [7, 11) is 0. The first-order valence-corrected chi connectivity index (χ1v) is 11.6. The Balaban J connectivity index is 1.12. The number of rotatable bonds is 6. The molecular weight excluding hydrogens is 432 g/mol. The van der Waals surface area contributed by atoms with Gasteiger partial charge >= 0.3 is 6.61 Å². The lowest BCUT2D eigenvalue weighted by molar-refractivity contribution is -0.129. The number of fused-ring (bicyclic) bond motifs is 1. The van der Waals surface area contributed by atoms with Gasteiger partial charge in [-0.05, 0) is 77.0 Å². The Bertz CT molecular complexity index is 1020. The van der Waals surface area contributed by atoms with E-state index in [0.29, 0.717) is 19.5 Å². The Kier molecular flexibility index (Phi) is 6.17. The summed E-state index contributed by atoms with van der Waals surface area (Å²) in [6, 6.07) is 13.1. The molecular formula is C24H25F2N3O2S. The lowest BCUT2D eigenvalue weighted by atomic mass is 9.97. The van der Waals surface area contributed by atoms with Gasteiger partial charge in [0.15, 0.2) is 0 Å². The summed E-state index contributed by atoms with van der Waals surface area (Å²) >= 11 is 1.60. The molecule has 3 aliphatic heterocycles. The first-order chi connectivity index (χ1) is 15.5. The quantitative estimate of drug-likeness (QED) is 0.530. The summed E-state index contributed by atoms with van der Waals surface area (Å²) in [5.41, 5.74) is 6.41. The van der Waals surface area contributed by atoms with Crippen molar-refractivity contribution in [2.45, 2.75) is 30.9 Å². The van der Waals surface area contributed by atoms with E-state index in [4.69, 9.17) is 0 Å². The Morgan fingerprint density at radius 3 is 2.50 bits per heavy atom. The van der Waals surface area contributed by atoms with Gasteiger partial charge < -0.3 is 15.0 Å². The number of amides is 1. The van der Waals surface area contributed by atoms with Gasteiger partial charge in [-0.3, -0.25) is 4.79 Å². The van der Waals surface area contributed by atoms with Crippen LogP contribution in [0.4, 0.5) is 8.78 Å². The highest BCUT2D eigenvalue weighted by Crippen LogP contribution is 2.34. The molecule has 0 atom stereocenters. The molecule has 2 aromatic rings. The predicted molar refractivity (Wildman–Crippen MR) is 120 cm³/mol. The van der Waals surface area contributed by atoms with Crippen LogP contribution < -0.4 is 10.1 Å². The minimum atomic E-state index is -2.81. The van der Waals surface area contributed by atoms with Crippen molar-refractivity contribution in [3.05, 3.63) is 70.3 Å². The molecule has 0 aliphatic carbocycles. The van der Waals surface area contributed by atoms with Crippen LogP contribution >= 0.6 is 11.9 Å². The van der Waals surface area contributed by atoms with Crippen LogP contribution in [-0.2, 0) is 24.2 Å². The van der Waals surface area contributed by atoms with E-state index in [2.05, 4.69) is 32.6 Å². The second kappa shape index (κ2) is 9.21. The van der Waals surface area contributed by atoms with Crippen LogP contribution in [-0.4, -0.2) is 54.4 Å². The molecule has 0 saturated heterocycles. The number of alkyl halides is 2. The van der Waals surface area contributed by atoms with E-state index in [0.717, 1.165) is 43.1 Å². The SMILES string of the molecule is O=C(Cc1ccc2c(c1)CNCC2)N1CC2=C(CN(Sc3ccc(OC(F)F)cc3)C2)C1. The third-order valence-electron chi connectivity index (χ3n) is 6.15. The molecule has 1 amide bonds. The number of nitrogens with zero attached hydrogens (tertiary/aromatic N) is 2. The molecule has 8 heteroatoms. The molecule has 5 rings (SSSR count). The van der Waals surface area contributed by atoms with Gasteiger partial charge in [-0.1, -0.05) is 18.2 Å². The van der Waals surface area contributed by atoms with Gasteiger partial charge in [0.25, 0.3) is 0 Å². The molecule has 0 fully saturated rings. The summed E-state index contributed by atoms with van der Waals surface area (Å²) in [6.45, 7) is 2.09. The Morgan fingerprint density at radius 2 is 1.78 bits per heavy atom. The lowest BCUT2D eigenvalue weighted by Crippen LogP contribution is -2.33. The molecule has 0 aromatic heterocycles. The Labute approximate surface area is 190 Å². The highest BCUT2D eigenvalue weighted by Gasteiger charge is 2.32. The van der Waals surface area contributed by atoms with Crippen molar-refractivity contribution < 1.29 is 18.3 Å². The molecule has 5 nitrogen and oxygen atoms in total. The van der Waals surface area contributed by atoms with E-state index < -0.39 is 6.61 Å². The first kappa shape index (κ1) is 21.4. The maximum atomic E-state index is 12.9. The molecule has 0 spiro atoms. The summed E-state index contributed by atoms with van der Waals surface area (Å²) in [5, 5.41) is 3.39. The number of carbonyl (C=O) groups is 1. The molecule has 0 radical (unpaired) electrons. The van der Waals surface area contributed by atoms with E-state index in [9.17, 15) is 13.6 Å². The van der Waals surface area contributed by atoms with Gasteiger partial charge in [0.05, 0.1) is 6.42 Å². The van der Waals surface area contributed by atoms with Crippen LogP contribution in [0.2, 0.25) is 0 Å². The van der Waals surface area contributed by atoms with Crippen LogP contribution in [0.1, 0.15) is 16.7 Å². The van der Waals surface area contributed by atoms with E-state index >= 15 is 0 Å². The predicted octanol–water partition coefficient (Wildman–Crippen LogP) is 3.64. The molecule has 168 valence electrons. The fourth-order valence-electron chi connectivity index (χ4n) is 4.55. The summed E-state index contributed by atoms with van der Waals surface area (Å²) in [5.74, 6) is 0.340. The van der Waals surface area contributed by atoms with Crippen LogP contribution in [0.15, 0.2) is 58.5 Å². The second-order valence-corrected chi connectivity index (χ2v) is 9.57. The molecule has 3 heterocycles. The molecule has 1 N–H and O–H groups in total. The normalized spacial score (nSPS) is 18.3. The molecule has 0 bridgehead atoms. The summed E-state index contributed by atoms with van der Waals surface area (Å²) in [4.78, 5) is 15.8. The standard InChI is InChI=1S/C24H25F2N3O2S/c25-24(26)31-21-3-5-22(6-4-21)32-29-14-19-12-28(13-20(19)15-29)23(30)10-16-1-2-17-7-8-27-11-18(17)9-16/h1-6,9,24,27H,7-8,10-15H2. The molecule has 2 aromatic carbocycles.